The van der Waals surface area contributed by atoms with Gasteiger partial charge in [-0.2, -0.15) is 0 Å². The molecule has 0 radical (unpaired) electrons. The van der Waals surface area contributed by atoms with Gasteiger partial charge in [0.15, 0.2) is 5.13 Å². The second kappa shape index (κ2) is 9.11. The molecule has 0 aliphatic carbocycles. The van der Waals surface area contributed by atoms with Crippen LogP contribution in [0.25, 0.3) is 0 Å². The van der Waals surface area contributed by atoms with Gasteiger partial charge >= 0.3 is 0 Å². The molecule has 0 fully saturated rings. The first-order chi connectivity index (χ1) is 10.9. The van der Waals surface area contributed by atoms with Crippen LogP contribution in [0.4, 0.5) is 9.52 Å². The predicted octanol–water partition coefficient (Wildman–Crippen LogP) is 3.92. The van der Waals surface area contributed by atoms with Gasteiger partial charge in [0.1, 0.15) is 5.82 Å². The molecule has 2 aromatic rings. The molecule has 7 heteroatoms. The van der Waals surface area contributed by atoms with Gasteiger partial charge in [0.05, 0.1) is 6.04 Å². The zero-order chi connectivity index (χ0) is 17.0. The fourth-order valence-corrected chi connectivity index (χ4v) is 2.95. The number of anilines is 1. The first-order valence-corrected chi connectivity index (χ1v) is 8.48. The molecule has 24 heavy (non-hydrogen) atoms. The highest BCUT2D eigenvalue weighted by atomic mass is 35.5. The van der Waals surface area contributed by atoms with Gasteiger partial charge in [0, 0.05) is 17.5 Å². The minimum Gasteiger partial charge on any atom is -0.320 e. The number of nitrogens with one attached hydrogen (secondary N) is 1. The van der Waals surface area contributed by atoms with E-state index in [0.717, 1.165) is 16.9 Å². The third-order valence-corrected chi connectivity index (χ3v) is 4.87. The highest BCUT2D eigenvalue weighted by Crippen LogP contribution is 2.22. The average molecular weight is 372 g/mol. The molecule has 1 aromatic heterocycles. The van der Waals surface area contributed by atoms with Crippen molar-refractivity contribution in [3.63, 3.8) is 0 Å². The van der Waals surface area contributed by atoms with Gasteiger partial charge < -0.3 is 11.1 Å². The topological polar surface area (TPSA) is 68.0 Å². The molecule has 3 N–H and O–H groups in total. The second-order valence-corrected chi connectivity index (χ2v) is 6.91. The highest BCUT2D eigenvalue weighted by molar-refractivity contribution is 7.15. The van der Waals surface area contributed by atoms with Crippen LogP contribution >= 0.6 is 23.7 Å². The molecule has 2 atom stereocenters. The van der Waals surface area contributed by atoms with Crippen molar-refractivity contribution >= 4 is 34.8 Å². The Kier molecular flexibility index (Phi) is 7.79. The van der Waals surface area contributed by atoms with Gasteiger partial charge in [-0.05, 0) is 30.0 Å². The second-order valence-electron chi connectivity index (χ2n) is 5.79. The van der Waals surface area contributed by atoms with E-state index in [1.807, 2.05) is 19.9 Å². The van der Waals surface area contributed by atoms with Crippen molar-refractivity contribution in [3.05, 3.63) is 46.2 Å². The molecule has 2 rings (SSSR count). The summed E-state index contributed by atoms with van der Waals surface area (Å²) in [7, 11) is 0. The zero-order valence-corrected chi connectivity index (χ0v) is 15.6. The molecular weight excluding hydrogens is 349 g/mol. The Balaban J connectivity index is 0.00000288. The summed E-state index contributed by atoms with van der Waals surface area (Å²) in [6.07, 6.45) is 3.13. The molecule has 1 aromatic carbocycles. The molecule has 132 valence electrons. The van der Waals surface area contributed by atoms with Crippen molar-refractivity contribution in [2.24, 2.45) is 11.7 Å². The molecule has 1 amide bonds. The van der Waals surface area contributed by atoms with E-state index in [2.05, 4.69) is 10.3 Å². The van der Waals surface area contributed by atoms with Crippen molar-refractivity contribution < 1.29 is 9.18 Å². The van der Waals surface area contributed by atoms with E-state index in [4.69, 9.17) is 5.73 Å². The van der Waals surface area contributed by atoms with Crippen molar-refractivity contribution in [2.75, 3.05) is 5.32 Å². The van der Waals surface area contributed by atoms with Crippen LogP contribution in [0.1, 0.15) is 36.3 Å². The van der Waals surface area contributed by atoms with E-state index in [1.165, 1.54) is 17.4 Å². The molecular formula is C17H23ClFN3OS. The van der Waals surface area contributed by atoms with Crippen LogP contribution in [-0.2, 0) is 11.2 Å². The zero-order valence-electron chi connectivity index (χ0n) is 14.0. The third-order valence-electron chi connectivity index (χ3n) is 3.96. The summed E-state index contributed by atoms with van der Waals surface area (Å²) in [5.74, 6) is -0.313. The number of carbonyl (C=O) groups is 1. The van der Waals surface area contributed by atoms with Crippen LogP contribution in [0.5, 0.6) is 0 Å². The van der Waals surface area contributed by atoms with Gasteiger partial charge in [-0.15, -0.1) is 23.7 Å². The maximum absolute atomic E-state index is 13.6. The molecule has 0 bridgehead atoms. The van der Waals surface area contributed by atoms with Crippen LogP contribution in [0, 0.1) is 18.7 Å². The number of hydrogen-bond acceptors (Lipinski definition) is 4. The molecule has 0 spiro atoms. The summed E-state index contributed by atoms with van der Waals surface area (Å²) in [4.78, 5) is 17.2. The number of aryl methyl sites for hydroxylation is 1. The van der Waals surface area contributed by atoms with Gasteiger partial charge in [-0.1, -0.05) is 32.4 Å². The van der Waals surface area contributed by atoms with E-state index in [0.29, 0.717) is 17.1 Å². The van der Waals surface area contributed by atoms with Crippen LogP contribution in [-0.4, -0.2) is 16.9 Å². The Labute approximate surface area is 152 Å². The summed E-state index contributed by atoms with van der Waals surface area (Å²) in [5.41, 5.74) is 7.41. The lowest BCUT2D eigenvalue weighted by Crippen LogP contribution is -2.40. The average Bonchev–Trinajstić information content (AvgIpc) is 2.96. The number of amides is 1. The van der Waals surface area contributed by atoms with Crippen molar-refractivity contribution in [1.29, 1.82) is 0 Å². The minimum absolute atomic E-state index is 0. The number of aromatic nitrogens is 1. The lowest BCUT2D eigenvalue weighted by Gasteiger charge is -2.16. The molecule has 4 nitrogen and oxygen atoms in total. The Hall–Kier alpha value is -1.50. The Morgan fingerprint density at radius 1 is 1.46 bits per heavy atom. The summed E-state index contributed by atoms with van der Waals surface area (Å²) in [5, 5.41) is 3.28. The van der Waals surface area contributed by atoms with Crippen LogP contribution in [0.2, 0.25) is 0 Å². The van der Waals surface area contributed by atoms with Gasteiger partial charge in [-0.25, -0.2) is 9.37 Å². The maximum Gasteiger partial charge on any atom is 0.243 e. The fraction of sp³-hybridized carbons (Fsp3) is 0.412. The fourth-order valence-electron chi connectivity index (χ4n) is 2.10. The third kappa shape index (κ3) is 5.26. The van der Waals surface area contributed by atoms with Crippen molar-refractivity contribution in [1.82, 2.24) is 4.98 Å². The van der Waals surface area contributed by atoms with Crippen LogP contribution in [0.15, 0.2) is 24.4 Å². The molecule has 0 aliphatic heterocycles. The van der Waals surface area contributed by atoms with Crippen LogP contribution in [0.3, 0.4) is 0 Å². The summed E-state index contributed by atoms with van der Waals surface area (Å²) in [6, 6.07) is 4.65. The SMILES string of the molecule is CCC(C)C(N)C(=O)Nc1ncc(Cc2ccc(C)c(F)c2)s1.Cl. The lowest BCUT2D eigenvalue weighted by molar-refractivity contribution is -0.118. The largest absolute Gasteiger partial charge is 0.320 e. The summed E-state index contributed by atoms with van der Waals surface area (Å²) in [6.45, 7) is 5.68. The summed E-state index contributed by atoms with van der Waals surface area (Å²) >= 11 is 1.38. The molecule has 1 heterocycles. The Bertz CT molecular complexity index is 692. The van der Waals surface area contributed by atoms with E-state index < -0.39 is 6.04 Å². The van der Waals surface area contributed by atoms with Gasteiger partial charge in [0.25, 0.3) is 0 Å². The van der Waals surface area contributed by atoms with Gasteiger partial charge in [0.2, 0.25) is 5.91 Å². The first-order valence-electron chi connectivity index (χ1n) is 7.67. The number of hydrogen-bond donors (Lipinski definition) is 2. The smallest absolute Gasteiger partial charge is 0.243 e. The highest BCUT2D eigenvalue weighted by Gasteiger charge is 2.20. The number of rotatable bonds is 6. The van der Waals surface area contributed by atoms with Crippen molar-refractivity contribution in [2.45, 2.75) is 39.7 Å². The van der Waals surface area contributed by atoms with Crippen molar-refractivity contribution in [3.8, 4) is 0 Å². The molecule has 2 unspecified atom stereocenters. The Morgan fingerprint density at radius 3 is 2.79 bits per heavy atom. The lowest BCUT2D eigenvalue weighted by atomic mass is 10.00. The molecule has 0 saturated carbocycles. The van der Waals surface area contributed by atoms with E-state index in [9.17, 15) is 9.18 Å². The number of nitrogens with zero attached hydrogens (tertiary/aromatic N) is 1. The molecule has 0 saturated heterocycles. The quantitative estimate of drug-likeness (QED) is 0.808. The number of carbonyl (C=O) groups excluding carboxylic acids is 1. The van der Waals surface area contributed by atoms with E-state index in [-0.39, 0.29) is 30.0 Å². The number of thiazole rings is 1. The molecule has 0 aliphatic rings. The minimum atomic E-state index is -0.543. The standard InChI is InChI=1S/C17H22FN3OS.ClH/c1-4-10(2)15(19)16(22)21-17-20-9-13(23-17)7-12-6-5-11(3)14(18)8-12;/h5-6,8-10,15H,4,7,19H2,1-3H3,(H,20,21,22);1H. The van der Waals surface area contributed by atoms with E-state index >= 15 is 0 Å². The number of halogens is 2. The Morgan fingerprint density at radius 2 is 2.17 bits per heavy atom. The van der Waals surface area contributed by atoms with E-state index in [1.54, 1.807) is 19.2 Å². The first kappa shape index (κ1) is 20.5. The monoisotopic (exact) mass is 371 g/mol. The predicted molar refractivity (Wildman–Crippen MR) is 99.4 cm³/mol. The number of nitrogens with two attached hydrogens (primary N) is 1. The van der Waals surface area contributed by atoms with Gasteiger partial charge in [-0.3, -0.25) is 4.79 Å². The number of benzene rings is 1. The maximum atomic E-state index is 13.6. The normalized spacial score (nSPS) is 13.0. The van der Waals surface area contributed by atoms with Crippen LogP contribution < -0.4 is 11.1 Å². The summed E-state index contributed by atoms with van der Waals surface area (Å²) < 4.78 is 13.6.